The highest BCUT2D eigenvalue weighted by molar-refractivity contribution is 7.90. The number of carbonyl (C=O) groups excluding carboxylic acids is 1. The van der Waals surface area contributed by atoms with Gasteiger partial charge in [-0.1, -0.05) is 18.6 Å². The van der Waals surface area contributed by atoms with Gasteiger partial charge in [-0.2, -0.15) is 0 Å². The lowest BCUT2D eigenvalue weighted by atomic mass is 9.84. The van der Waals surface area contributed by atoms with Crippen LogP contribution in [0.1, 0.15) is 43.0 Å². The van der Waals surface area contributed by atoms with E-state index in [0.29, 0.717) is 5.92 Å². The third-order valence-corrected chi connectivity index (χ3v) is 6.48. The molecule has 2 aliphatic rings. The van der Waals surface area contributed by atoms with Crippen LogP contribution in [0.3, 0.4) is 0 Å². The average molecular weight is 321 g/mol. The number of amides is 1. The molecule has 3 rings (SSSR count). The Hall–Kier alpha value is -1.36. The van der Waals surface area contributed by atoms with E-state index in [2.05, 4.69) is 5.32 Å². The first-order valence-corrected chi connectivity index (χ1v) is 9.85. The standard InChI is InChI=1S/C17H23NO3S/c1-11(15-10-12-7-8-13(15)9-12)18-17(19)14-5-3-4-6-16(14)22(2,20)21/h3-6,11-13,15H,7-10H2,1-2H3,(H,18,19)/t11-,12+,13+,15+/m1/s1. The third kappa shape index (κ3) is 2.91. The summed E-state index contributed by atoms with van der Waals surface area (Å²) < 4.78 is 23.6. The van der Waals surface area contributed by atoms with Crippen LogP contribution in [0, 0.1) is 17.8 Å². The maximum Gasteiger partial charge on any atom is 0.252 e. The topological polar surface area (TPSA) is 63.2 Å². The summed E-state index contributed by atoms with van der Waals surface area (Å²) in [7, 11) is -3.40. The van der Waals surface area contributed by atoms with Gasteiger partial charge in [0.25, 0.3) is 5.91 Å². The van der Waals surface area contributed by atoms with Gasteiger partial charge in [0.05, 0.1) is 10.5 Å². The monoisotopic (exact) mass is 321 g/mol. The molecule has 1 aromatic rings. The molecule has 2 saturated carbocycles. The lowest BCUT2D eigenvalue weighted by Crippen LogP contribution is -2.40. The zero-order valence-corrected chi connectivity index (χ0v) is 13.9. The Kier molecular flexibility index (Phi) is 4.02. The first-order valence-electron chi connectivity index (χ1n) is 7.96. The molecular weight excluding hydrogens is 298 g/mol. The molecule has 0 spiro atoms. The molecule has 1 amide bonds. The Balaban J connectivity index is 1.75. The first kappa shape index (κ1) is 15.5. The Morgan fingerprint density at radius 1 is 1.23 bits per heavy atom. The highest BCUT2D eigenvalue weighted by Gasteiger charge is 2.42. The van der Waals surface area contributed by atoms with Gasteiger partial charge < -0.3 is 5.32 Å². The zero-order valence-electron chi connectivity index (χ0n) is 13.1. The van der Waals surface area contributed by atoms with Gasteiger partial charge in [-0.05, 0) is 56.1 Å². The molecule has 4 atom stereocenters. The SMILES string of the molecule is C[C@@H](NC(=O)c1ccccc1S(C)(=O)=O)[C@@H]1C[C@H]2CC[C@H]1C2. The van der Waals surface area contributed by atoms with Crippen molar-refractivity contribution in [2.75, 3.05) is 6.26 Å². The van der Waals surface area contributed by atoms with E-state index in [1.165, 1.54) is 31.7 Å². The van der Waals surface area contributed by atoms with Crippen molar-refractivity contribution in [1.29, 1.82) is 0 Å². The second-order valence-electron chi connectivity index (χ2n) is 6.87. The van der Waals surface area contributed by atoms with Crippen molar-refractivity contribution in [2.24, 2.45) is 17.8 Å². The van der Waals surface area contributed by atoms with Gasteiger partial charge in [0.15, 0.2) is 9.84 Å². The van der Waals surface area contributed by atoms with Crippen molar-refractivity contribution in [3.05, 3.63) is 29.8 Å². The molecule has 0 unspecified atom stereocenters. The summed E-state index contributed by atoms with van der Waals surface area (Å²) in [5.74, 6) is 1.81. The number of fused-ring (bicyclic) bond motifs is 2. The van der Waals surface area contributed by atoms with E-state index in [1.54, 1.807) is 18.2 Å². The van der Waals surface area contributed by atoms with Crippen LogP contribution in [0.2, 0.25) is 0 Å². The quantitative estimate of drug-likeness (QED) is 0.927. The molecular formula is C17H23NO3S. The molecule has 1 N–H and O–H groups in total. The van der Waals surface area contributed by atoms with E-state index in [9.17, 15) is 13.2 Å². The number of nitrogens with one attached hydrogen (secondary N) is 1. The summed E-state index contributed by atoms with van der Waals surface area (Å²) in [5, 5.41) is 3.03. The largest absolute Gasteiger partial charge is 0.349 e. The maximum absolute atomic E-state index is 12.5. The first-order chi connectivity index (χ1) is 10.4. The Bertz CT molecular complexity index is 683. The molecule has 22 heavy (non-hydrogen) atoms. The van der Waals surface area contributed by atoms with Crippen LogP contribution in [0.4, 0.5) is 0 Å². The van der Waals surface area contributed by atoms with Crippen LogP contribution in [0.25, 0.3) is 0 Å². The predicted octanol–water partition coefficient (Wildman–Crippen LogP) is 2.64. The van der Waals surface area contributed by atoms with E-state index in [4.69, 9.17) is 0 Å². The highest BCUT2D eigenvalue weighted by Crippen LogP contribution is 2.49. The molecule has 120 valence electrons. The third-order valence-electron chi connectivity index (χ3n) is 5.32. The van der Waals surface area contributed by atoms with Crippen LogP contribution in [-0.4, -0.2) is 26.6 Å². The van der Waals surface area contributed by atoms with E-state index < -0.39 is 9.84 Å². The molecule has 0 heterocycles. The predicted molar refractivity (Wildman–Crippen MR) is 85.4 cm³/mol. The normalized spacial score (nSPS) is 28.5. The summed E-state index contributed by atoms with van der Waals surface area (Å²) in [6.07, 6.45) is 6.23. The molecule has 0 aromatic heterocycles. The lowest BCUT2D eigenvalue weighted by molar-refractivity contribution is 0.0912. The number of rotatable bonds is 4. The van der Waals surface area contributed by atoms with Gasteiger partial charge >= 0.3 is 0 Å². The maximum atomic E-state index is 12.5. The number of carbonyl (C=O) groups is 1. The molecule has 2 aliphatic carbocycles. The van der Waals surface area contributed by atoms with Crippen molar-refractivity contribution in [3.63, 3.8) is 0 Å². The van der Waals surface area contributed by atoms with E-state index in [-0.39, 0.29) is 22.4 Å². The van der Waals surface area contributed by atoms with Crippen LogP contribution in [0.15, 0.2) is 29.2 Å². The molecule has 4 nitrogen and oxygen atoms in total. The van der Waals surface area contributed by atoms with Gasteiger partial charge in [-0.15, -0.1) is 0 Å². The number of hydrogen-bond acceptors (Lipinski definition) is 3. The summed E-state index contributed by atoms with van der Waals surface area (Å²) in [6.45, 7) is 2.05. The summed E-state index contributed by atoms with van der Waals surface area (Å²) in [4.78, 5) is 12.6. The van der Waals surface area contributed by atoms with Crippen LogP contribution >= 0.6 is 0 Å². The molecule has 5 heteroatoms. The van der Waals surface area contributed by atoms with Gasteiger partial charge in [-0.25, -0.2) is 8.42 Å². The Morgan fingerprint density at radius 3 is 2.55 bits per heavy atom. The molecule has 0 aliphatic heterocycles. The van der Waals surface area contributed by atoms with Crippen molar-refractivity contribution in [1.82, 2.24) is 5.32 Å². The van der Waals surface area contributed by atoms with Gasteiger partial charge in [-0.3, -0.25) is 4.79 Å². The minimum absolute atomic E-state index is 0.0930. The van der Waals surface area contributed by atoms with Crippen molar-refractivity contribution < 1.29 is 13.2 Å². The fourth-order valence-electron chi connectivity index (χ4n) is 4.28. The minimum Gasteiger partial charge on any atom is -0.349 e. The Labute approximate surface area is 132 Å². The number of sulfone groups is 1. The lowest BCUT2D eigenvalue weighted by Gasteiger charge is -2.28. The van der Waals surface area contributed by atoms with Crippen LogP contribution in [-0.2, 0) is 9.84 Å². The second kappa shape index (κ2) is 5.69. The number of hydrogen-bond donors (Lipinski definition) is 1. The van der Waals surface area contributed by atoms with Crippen molar-refractivity contribution in [2.45, 2.75) is 43.5 Å². The Morgan fingerprint density at radius 2 is 1.95 bits per heavy atom. The van der Waals surface area contributed by atoms with Gasteiger partial charge in [0.1, 0.15) is 0 Å². The van der Waals surface area contributed by atoms with E-state index in [0.717, 1.165) is 18.1 Å². The van der Waals surface area contributed by atoms with Crippen LogP contribution in [0.5, 0.6) is 0 Å². The fraction of sp³-hybridized carbons (Fsp3) is 0.588. The molecule has 0 saturated heterocycles. The van der Waals surface area contributed by atoms with Gasteiger partial charge in [0, 0.05) is 12.3 Å². The fourth-order valence-corrected chi connectivity index (χ4v) is 5.16. The molecule has 1 aromatic carbocycles. The number of benzene rings is 1. The molecule has 2 bridgehead atoms. The van der Waals surface area contributed by atoms with E-state index in [1.807, 2.05) is 6.92 Å². The van der Waals surface area contributed by atoms with Crippen molar-refractivity contribution in [3.8, 4) is 0 Å². The average Bonchev–Trinajstić information content (AvgIpc) is 3.09. The van der Waals surface area contributed by atoms with Crippen molar-refractivity contribution >= 4 is 15.7 Å². The minimum atomic E-state index is -3.40. The molecule has 0 radical (unpaired) electrons. The molecule has 2 fully saturated rings. The van der Waals surface area contributed by atoms with Gasteiger partial charge in [0.2, 0.25) is 0 Å². The zero-order chi connectivity index (χ0) is 15.9. The van der Waals surface area contributed by atoms with Crippen LogP contribution < -0.4 is 5.32 Å². The smallest absolute Gasteiger partial charge is 0.252 e. The summed E-state index contributed by atoms with van der Waals surface area (Å²) in [6, 6.07) is 6.51. The second-order valence-corrected chi connectivity index (χ2v) is 8.85. The summed E-state index contributed by atoms with van der Waals surface area (Å²) >= 11 is 0. The van der Waals surface area contributed by atoms with E-state index >= 15 is 0 Å². The highest BCUT2D eigenvalue weighted by atomic mass is 32.2. The summed E-state index contributed by atoms with van der Waals surface area (Å²) in [5.41, 5.74) is 0.250.